The number of aromatic nitrogens is 4. The van der Waals surface area contributed by atoms with Crippen LogP contribution >= 0.6 is 0 Å². The Balaban J connectivity index is 1.56. The minimum Gasteiger partial charge on any atom is -0.446 e. The fourth-order valence-corrected chi connectivity index (χ4v) is 3.50. The van der Waals surface area contributed by atoms with Gasteiger partial charge in [-0.15, -0.1) is 0 Å². The van der Waals surface area contributed by atoms with Crippen LogP contribution in [0.2, 0.25) is 0 Å². The lowest BCUT2D eigenvalue weighted by atomic mass is 10.0. The third kappa shape index (κ3) is 5.35. The van der Waals surface area contributed by atoms with E-state index in [0.29, 0.717) is 23.8 Å². The summed E-state index contributed by atoms with van der Waals surface area (Å²) in [5.41, 5.74) is 2.02. The Morgan fingerprint density at radius 1 is 1.34 bits per heavy atom. The van der Waals surface area contributed by atoms with Gasteiger partial charge in [-0.1, -0.05) is 0 Å². The molecule has 10 heteroatoms. The molecule has 2 aromatic heterocycles. The van der Waals surface area contributed by atoms with Crippen molar-refractivity contribution in [1.29, 1.82) is 0 Å². The summed E-state index contributed by atoms with van der Waals surface area (Å²) in [5, 5.41) is 16.9. The average molecular weight is 404 g/mol. The summed E-state index contributed by atoms with van der Waals surface area (Å²) in [4.78, 5) is 24.3. The van der Waals surface area contributed by atoms with Crippen molar-refractivity contribution >= 4 is 17.8 Å². The SMILES string of the molecule is COCc1cc(C(=O)Nc2cc(C3CCC(OC(=O)NC(C)C)C3)[nH]n2)n(C)n1. The first kappa shape index (κ1) is 20.8. The summed E-state index contributed by atoms with van der Waals surface area (Å²) in [6, 6.07) is 3.56. The molecular formula is C19H28N6O4. The second-order valence-corrected chi connectivity index (χ2v) is 7.58. The van der Waals surface area contributed by atoms with E-state index in [0.717, 1.165) is 25.0 Å². The van der Waals surface area contributed by atoms with Crippen LogP contribution in [0.5, 0.6) is 0 Å². The van der Waals surface area contributed by atoms with Gasteiger partial charge < -0.3 is 20.1 Å². The van der Waals surface area contributed by atoms with Gasteiger partial charge in [0, 0.05) is 37.9 Å². The molecule has 0 spiro atoms. The Morgan fingerprint density at radius 3 is 2.86 bits per heavy atom. The minimum absolute atomic E-state index is 0.0449. The van der Waals surface area contributed by atoms with Gasteiger partial charge in [0.1, 0.15) is 11.8 Å². The van der Waals surface area contributed by atoms with Gasteiger partial charge in [0.15, 0.2) is 5.82 Å². The number of H-pyrrole nitrogens is 1. The number of methoxy groups -OCH3 is 1. The summed E-state index contributed by atoms with van der Waals surface area (Å²) in [5.74, 6) is 0.356. The van der Waals surface area contributed by atoms with Crippen LogP contribution in [0.25, 0.3) is 0 Å². The molecule has 1 aliphatic carbocycles. The highest BCUT2D eigenvalue weighted by Gasteiger charge is 2.30. The Morgan fingerprint density at radius 2 is 2.14 bits per heavy atom. The Hall–Kier alpha value is -2.88. The normalized spacial score (nSPS) is 18.8. The summed E-state index contributed by atoms with van der Waals surface area (Å²) in [7, 11) is 3.28. The van der Waals surface area contributed by atoms with E-state index in [9.17, 15) is 9.59 Å². The Kier molecular flexibility index (Phi) is 6.53. The Bertz CT molecular complexity index is 859. The van der Waals surface area contributed by atoms with Crippen LogP contribution in [0, 0.1) is 0 Å². The van der Waals surface area contributed by atoms with Crippen molar-refractivity contribution < 1.29 is 19.1 Å². The van der Waals surface area contributed by atoms with E-state index >= 15 is 0 Å². The van der Waals surface area contributed by atoms with Crippen LogP contribution in [0.15, 0.2) is 12.1 Å². The number of carbonyl (C=O) groups excluding carboxylic acids is 2. The predicted molar refractivity (Wildman–Crippen MR) is 106 cm³/mol. The molecule has 2 atom stereocenters. The number of aromatic amines is 1. The molecule has 2 heterocycles. The molecule has 29 heavy (non-hydrogen) atoms. The van der Waals surface area contributed by atoms with E-state index in [1.165, 1.54) is 4.68 Å². The molecule has 3 N–H and O–H groups in total. The van der Waals surface area contributed by atoms with Crippen LogP contribution in [0.3, 0.4) is 0 Å². The highest BCUT2D eigenvalue weighted by atomic mass is 16.6. The van der Waals surface area contributed by atoms with Crippen LogP contribution in [-0.4, -0.2) is 51.2 Å². The summed E-state index contributed by atoms with van der Waals surface area (Å²) in [6.45, 7) is 4.12. The van der Waals surface area contributed by atoms with Gasteiger partial charge in [0.2, 0.25) is 0 Å². The molecular weight excluding hydrogens is 376 g/mol. The maximum Gasteiger partial charge on any atom is 0.407 e. The topological polar surface area (TPSA) is 123 Å². The highest BCUT2D eigenvalue weighted by molar-refractivity contribution is 6.02. The molecule has 2 amide bonds. The van der Waals surface area contributed by atoms with Gasteiger partial charge in [0.25, 0.3) is 5.91 Å². The summed E-state index contributed by atoms with van der Waals surface area (Å²) in [6.07, 6.45) is 1.91. The number of hydrogen-bond donors (Lipinski definition) is 3. The van der Waals surface area contributed by atoms with Gasteiger partial charge in [0.05, 0.1) is 12.3 Å². The monoisotopic (exact) mass is 404 g/mol. The maximum atomic E-state index is 12.5. The number of alkyl carbamates (subject to hydrolysis) is 1. The van der Waals surface area contributed by atoms with Crippen molar-refractivity contribution in [3.05, 3.63) is 29.2 Å². The number of nitrogens with one attached hydrogen (secondary N) is 3. The van der Waals surface area contributed by atoms with Crippen LogP contribution in [0.1, 0.15) is 60.9 Å². The van der Waals surface area contributed by atoms with E-state index in [2.05, 4.69) is 25.9 Å². The number of nitrogens with zero attached hydrogens (tertiary/aromatic N) is 3. The molecule has 3 rings (SSSR count). The zero-order valence-electron chi connectivity index (χ0n) is 17.2. The number of hydrogen-bond acceptors (Lipinski definition) is 6. The number of amides is 2. The fraction of sp³-hybridized carbons (Fsp3) is 0.579. The third-order valence-electron chi connectivity index (χ3n) is 4.80. The highest BCUT2D eigenvalue weighted by Crippen LogP contribution is 2.35. The molecule has 2 unspecified atom stereocenters. The minimum atomic E-state index is -0.382. The molecule has 0 saturated heterocycles. The zero-order chi connectivity index (χ0) is 21.0. The van der Waals surface area contributed by atoms with Gasteiger partial charge >= 0.3 is 6.09 Å². The first-order valence-electron chi connectivity index (χ1n) is 9.71. The van der Waals surface area contributed by atoms with E-state index in [1.807, 2.05) is 19.9 Å². The maximum absolute atomic E-state index is 12.5. The molecule has 0 bridgehead atoms. The fourth-order valence-electron chi connectivity index (χ4n) is 3.50. The van der Waals surface area contributed by atoms with Crippen molar-refractivity contribution in [2.24, 2.45) is 7.05 Å². The number of aryl methyl sites for hydroxylation is 1. The van der Waals surface area contributed by atoms with Crippen molar-refractivity contribution in [3.63, 3.8) is 0 Å². The largest absolute Gasteiger partial charge is 0.446 e. The second kappa shape index (κ2) is 9.08. The molecule has 158 valence electrons. The van der Waals surface area contributed by atoms with E-state index in [4.69, 9.17) is 9.47 Å². The second-order valence-electron chi connectivity index (χ2n) is 7.58. The molecule has 0 aliphatic heterocycles. The lowest BCUT2D eigenvalue weighted by molar-refractivity contribution is 0.0979. The molecule has 0 aromatic carbocycles. The summed E-state index contributed by atoms with van der Waals surface area (Å²) >= 11 is 0. The van der Waals surface area contributed by atoms with Crippen molar-refractivity contribution in [2.45, 2.75) is 57.8 Å². The van der Waals surface area contributed by atoms with Gasteiger partial charge in [-0.05, 0) is 39.2 Å². The number of carbonyl (C=O) groups is 2. The van der Waals surface area contributed by atoms with Crippen LogP contribution in [0.4, 0.5) is 10.6 Å². The van der Waals surface area contributed by atoms with Gasteiger partial charge in [-0.2, -0.15) is 10.2 Å². The number of ether oxygens (including phenoxy) is 2. The number of anilines is 1. The molecule has 1 saturated carbocycles. The predicted octanol–water partition coefficient (Wildman–Crippen LogP) is 2.31. The van der Waals surface area contributed by atoms with E-state index in [1.54, 1.807) is 20.2 Å². The molecule has 1 fully saturated rings. The molecule has 0 radical (unpaired) electrons. The van der Waals surface area contributed by atoms with E-state index < -0.39 is 0 Å². The molecule has 1 aliphatic rings. The summed E-state index contributed by atoms with van der Waals surface area (Å²) < 4.78 is 12.0. The first-order valence-corrected chi connectivity index (χ1v) is 9.71. The third-order valence-corrected chi connectivity index (χ3v) is 4.80. The van der Waals surface area contributed by atoms with Crippen molar-refractivity contribution in [2.75, 3.05) is 12.4 Å². The quantitative estimate of drug-likeness (QED) is 0.651. The lowest BCUT2D eigenvalue weighted by Gasteiger charge is -2.14. The molecule has 2 aromatic rings. The zero-order valence-corrected chi connectivity index (χ0v) is 17.2. The van der Waals surface area contributed by atoms with E-state index in [-0.39, 0.29) is 30.1 Å². The smallest absolute Gasteiger partial charge is 0.407 e. The van der Waals surface area contributed by atoms with Crippen LogP contribution < -0.4 is 10.6 Å². The lowest BCUT2D eigenvalue weighted by Crippen LogP contribution is -2.33. The first-order chi connectivity index (χ1) is 13.9. The number of rotatable bonds is 7. The van der Waals surface area contributed by atoms with Crippen molar-refractivity contribution in [3.8, 4) is 0 Å². The van der Waals surface area contributed by atoms with Gasteiger partial charge in [-0.3, -0.25) is 14.6 Å². The van der Waals surface area contributed by atoms with Gasteiger partial charge in [-0.25, -0.2) is 4.79 Å². The van der Waals surface area contributed by atoms with Crippen molar-refractivity contribution in [1.82, 2.24) is 25.3 Å². The molecule has 10 nitrogen and oxygen atoms in total. The van der Waals surface area contributed by atoms with Crippen LogP contribution in [-0.2, 0) is 23.1 Å². The standard InChI is InChI=1S/C19H28N6O4/c1-11(2)20-19(27)29-14-6-5-12(7-14)15-9-17(23-22-15)21-18(26)16-8-13(10-28-4)24-25(16)3/h8-9,11-12,14H,5-7,10H2,1-4H3,(H,20,27)(H2,21,22,23,26). The Labute approximate surface area is 169 Å². The average Bonchev–Trinajstić information content (AvgIpc) is 3.35.